The van der Waals surface area contributed by atoms with Gasteiger partial charge < -0.3 is 14.2 Å². The van der Waals surface area contributed by atoms with E-state index < -0.39 is 6.10 Å². The number of hydrogen-bond donors (Lipinski definition) is 0. The molecule has 0 aromatic carbocycles. The molecule has 0 fully saturated rings. The van der Waals surface area contributed by atoms with Crippen molar-refractivity contribution >= 4 is 17.9 Å². The Morgan fingerprint density at radius 3 is 1.06 bits per heavy atom. The molecule has 0 aliphatic heterocycles. The first kappa shape index (κ1) is 46.9. The fourth-order valence-electron chi connectivity index (χ4n) is 5.76. The Morgan fingerprint density at radius 2 is 0.714 bits per heavy atom. The van der Waals surface area contributed by atoms with E-state index in [1.54, 1.807) is 0 Å². The van der Waals surface area contributed by atoms with Gasteiger partial charge in [0.2, 0.25) is 0 Å². The van der Waals surface area contributed by atoms with Crippen molar-refractivity contribution in [3.63, 3.8) is 0 Å². The molecule has 286 valence electrons. The van der Waals surface area contributed by atoms with Crippen LogP contribution in [0.2, 0.25) is 0 Å². The van der Waals surface area contributed by atoms with Crippen molar-refractivity contribution in [2.45, 2.75) is 219 Å². The van der Waals surface area contributed by atoms with Gasteiger partial charge in [-0.2, -0.15) is 0 Å². The van der Waals surface area contributed by atoms with E-state index in [9.17, 15) is 14.4 Å². The number of allylic oxidation sites excluding steroid dienone is 4. The maximum Gasteiger partial charge on any atom is 0.306 e. The number of carbonyl (C=O) groups is 3. The minimum atomic E-state index is -0.768. The number of hydrogen-bond acceptors (Lipinski definition) is 6. The van der Waals surface area contributed by atoms with Crippen LogP contribution in [-0.2, 0) is 28.6 Å². The van der Waals surface area contributed by atoms with E-state index in [1.807, 2.05) is 6.92 Å². The lowest BCUT2D eigenvalue weighted by Crippen LogP contribution is -2.30. The minimum Gasteiger partial charge on any atom is -0.462 e. The summed E-state index contributed by atoms with van der Waals surface area (Å²) in [6, 6.07) is 0. The van der Waals surface area contributed by atoms with E-state index in [-0.39, 0.29) is 37.5 Å². The van der Waals surface area contributed by atoms with E-state index in [2.05, 4.69) is 38.2 Å². The van der Waals surface area contributed by atoms with Crippen molar-refractivity contribution in [3.8, 4) is 0 Å². The Morgan fingerprint density at radius 1 is 0.388 bits per heavy atom. The van der Waals surface area contributed by atoms with Gasteiger partial charge in [0.15, 0.2) is 6.10 Å². The van der Waals surface area contributed by atoms with Crippen LogP contribution in [-0.4, -0.2) is 37.2 Å². The van der Waals surface area contributed by atoms with Crippen molar-refractivity contribution in [1.82, 2.24) is 0 Å². The zero-order chi connectivity index (χ0) is 35.9. The van der Waals surface area contributed by atoms with Crippen LogP contribution in [0.4, 0.5) is 0 Å². The number of carbonyl (C=O) groups excluding carboxylic acids is 3. The van der Waals surface area contributed by atoms with Crippen LogP contribution in [0, 0.1) is 0 Å². The van der Waals surface area contributed by atoms with Crippen molar-refractivity contribution in [3.05, 3.63) is 24.3 Å². The summed E-state index contributed by atoms with van der Waals surface area (Å²) in [6.07, 6.45) is 41.6. The van der Waals surface area contributed by atoms with Crippen LogP contribution in [0.1, 0.15) is 213 Å². The molecule has 0 saturated carbocycles. The molecule has 0 amide bonds. The molecule has 6 heteroatoms. The summed E-state index contributed by atoms with van der Waals surface area (Å²) in [5, 5.41) is 0. The van der Waals surface area contributed by atoms with Crippen molar-refractivity contribution < 1.29 is 28.6 Å². The highest BCUT2D eigenvalue weighted by atomic mass is 16.6. The van der Waals surface area contributed by atoms with Crippen molar-refractivity contribution in [1.29, 1.82) is 0 Å². The summed E-state index contributed by atoms with van der Waals surface area (Å²) in [6.45, 7) is 6.25. The van der Waals surface area contributed by atoms with Gasteiger partial charge in [0, 0.05) is 19.3 Å². The lowest BCUT2D eigenvalue weighted by atomic mass is 10.1. The molecule has 0 bridgehead atoms. The van der Waals surface area contributed by atoms with Gasteiger partial charge in [-0.05, 0) is 70.6 Å². The molecule has 0 aliphatic carbocycles. The van der Waals surface area contributed by atoms with Crippen LogP contribution in [0.25, 0.3) is 0 Å². The Kier molecular flexibility index (Phi) is 37.0. The van der Waals surface area contributed by atoms with E-state index in [0.717, 1.165) is 51.4 Å². The summed E-state index contributed by atoms with van der Waals surface area (Å²) >= 11 is 0. The third-order valence-corrected chi connectivity index (χ3v) is 8.90. The summed E-state index contributed by atoms with van der Waals surface area (Å²) in [5.41, 5.74) is 0. The average molecular weight is 691 g/mol. The largest absolute Gasteiger partial charge is 0.462 e. The van der Waals surface area contributed by atoms with Crippen LogP contribution < -0.4 is 0 Å². The van der Waals surface area contributed by atoms with Crippen molar-refractivity contribution in [2.75, 3.05) is 13.2 Å². The molecule has 0 radical (unpaired) electrons. The molecule has 0 saturated heterocycles. The van der Waals surface area contributed by atoms with E-state index in [1.165, 1.54) is 116 Å². The summed E-state index contributed by atoms with van der Waals surface area (Å²) < 4.78 is 16.3. The van der Waals surface area contributed by atoms with Gasteiger partial charge in [-0.25, -0.2) is 0 Å². The molecule has 0 aromatic heterocycles. The molecular formula is C43H78O6. The molecule has 1 atom stereocenters. The SMILES string of the molecule is CCCCCCCCC=CCCCCCCCC(=O)OCC(COC(=O)CCCCCCC/C=C\CCCCCCCC)OC(=O)CCC. The summed E-state index contributed by atoms with van der Waals surface area (Å²) in [5.74, 6) is -0.961. The number of rotatable bonds is 37. The second-order valence-electron chi connectivity index (χ2n) is 13.9. The molecule has 6 nitrogen and oxygen atoms in total. The van der Waals surface area contributed by atoms with Gasteiger partial charge in [0.05, 0.1) is 0 Å². The van der Waals surface area contributed by atoms with Gasteiger partial charge in [0.1, 0.15) is 13.2 Å². The average Bonchev–Trinajstić information content (AvgIpc) is 3.09. The molecule has 0 aromatic rings. The molecule has 0 spiro atoms. The highest BCUT2D eigenvalue weighted by molar-refractivity contribution is 5.71. The topological polar surface area (TPSA) is 78.9 Å². The molecular weight excluding hydrogens is 612 g/mol. The molecule has 1 unspecified atom stereocenters. The fraction of sp³-hybridized carbons (Fsp3) is 0.837. The number of unbranched alkanes of at least 4 members (excludes halogenated alkanes) is 22. The first-order valence-electron chi connectivity index (χ1n) is 20.8. The quantitative estimate of drug-likeness (QED) is 0.0279. The Labute approximate surface area is 303 Å². The third-order valence-electron chi connectivity index (χ3n) is 8.90. The first-order valence-corrected chi connectivity index (χ1v) is 20.8. The van der Waals surface area contributed by atoms with Crippen molar-refractivity contribution in [2.24, 2.45) is 0 Å². The van der Waals surface area contributed by atoms with Crippen LogP contribution in [0.5, 0.6) is 0 Å². The van der Waals surface area contributed by atoms with Crippen LogP contribution >= 0.6 is 0 Å². The predicted octanol–water partition coefficient (Wildman–Crippen LogP) is 12.9. The Bertz CT molecular complexity index is 748. The highest BCUT2D eigenvalue weighted by Crippen LogP contribution is 2.13. The molecule has 0 rings (SSSR count). The second-order valence-corrected chi connectivity index (χ2v) is 13.9. The minimum absolute atomic E-state index is 0.0833. The fourth-order valence-corrected chi connectivity index (χ4v) is 5.76. The maximum atomic E-state index is 12.3. The monoisotopic (exact) mass is 691 g/mol. The number of ether oxygens (including phenoxy) is 3. The number of esters is 3. The van der Waals surface area contributed by atoms with Gasteiger partial charge in [-0.1, -0.05) is 148 Å². The molecule has 0 aliphatic rings. The predicted molar refractivity (Wildman–Crippen MR) is 206 cm³/mol. The smallest absolute Gasteiger partial charge is 0.306 e. The zero-order valence-corrected chi connectivity index (χ0v) is 32.5. The lowest BCUT2D eigenvalue weighted by molar-refractivity contribution is -0.166. The lowest BCUT2D eigenvalue weighted by Gasteiger charge is -2.18. The Hall–Kier alpha value is -2.11. The summed E-state index contributed by atoms with van der Waals surface area (Å²) in [7, 11) is 0. The van der Waals surface area contributed by atoms with E-state index >= 15 is 0 Å². The molecule has 49 heavy (non-hydrogen) atoms. The Balaban J connectivity index is 3.94. The second kappa shape index (κ2) is 38.7. The van der Waals surface area contributed by atoms with Gasteiger partial charge in [-0.15, -0.1) is 0 Å². The zero-order valence-electron chi connectivity index (χ0n) is 32.5. The van der Waals surface area contributed by atoms with Gasteiger partial charge in [0.25, 0.3) is 0 Å². The highest BCUT2D eigenvalue weighted by Gasteiger charge is 2.19. The van der Waals surface area contributed by atoms with Crippen LogP contribution in [0.15, 0.2) is 24.3 Å². The molecule has 0 heterocycles. The van der Waals surface area contributed by atoms with E-state index in [0.29, 0.717) is 19.3 Å². The normalized spacial score (nSPS) is 12.1. The third kappa shape index (κ3) is 37.0. The van der Waals surface area contributed by atoms with Crippen LogP contribution in [0.3, 0.4) is 0 Å². The summed E-state index contributed by atoms with van der Waals surface area (Å²) in [4.78, 5) is 36.7. The van der Waals surface area contributed by atoms with Gasteiger partial charge in [-0.3, -0.25) is 14.4 Å². The van der Waals surface area contributed by atoms with Gasteiger partial charge >= 0.3 is 17.9 Å². The standard InChI is InChI=1S/C43H78O6/c1-4-7-9-11-13-15-17-19-21-23-25-27-29-31-33-36-41(44)47-38-40(49-43(46)35-6-3)39-48-42(45)37-34-32-30-28-26-24-22-20-18-16-14-12-10-8-5-2/h19-22,40H,4-18,23-39H2,1-3H3/b21-19-,22-20?. The molecule has 0 N–H and O–H groups in total. The maximum absolute atomic E-state index is 12.3. The first-order chi connectivity index (χ1) is 24.0. The van der Waals surface area contributed by atoms with E-state index in [4.69, 9.17) is 14.2 Å².